The second-order valence-electron chi connectivity index (χ2n) is 6.62. The minimum absolute atomic E-state index is 0.0588. The highest BCUT2D eigenvalue weighted by molar-refractivity contribution is 4.88. The summed E-state index contributed by atoms with van der Waals surface area (Å²) in [5, 5.41) is 0. The van der Waals surface area contributed by atoms with Gasteiger partial charge in [0.05, 0.1) is 11.2 Å². The molecule has 0 aromatic heterocycles. The lowest BCUT2D eigenvalue weighted by Gasteiger charge is -2.46. The Balaban J connectivity index is 4.67. The maximum Gasteiger partial charge on any atom is 0.0681 e. The van der Waals surface area contributed by atoms with Gasteiger partial charge in [-0.3, -0.25) is 0 Å². The van der Waals surface area contributed by atoms with Gasteiger partial charge < -0.3 is 4.74 Å². The fourth-order valence-electron chi connectivity index (χ4n) is 0.929. The van der Waals surface area contributed by atoms with E-state index in [1.54, 1.807) is 0 Å². The molecule has 0 fully saturated rings. The molecule has 0 heterocycles. The molecule has 0 spiro atoms. The fourth-order valence-corrected chi connectivity index (χ4v) is 0.929. The molecule has 0 N–H and O–H groups in total. The van der Waals surface area contributed by atoms with Crippen LogP contribution >= 0.6 is 0 Å². The van der Waals surface area contributed by atoms with E-state index in [1.165, 1.54) is 0 Å². The lowest BCUT2D eigenvalue weighted by molar-refractivity contribution is -0.185. The summed E-state index contributed by atoms with van der Waals surface area (Å²) in [5.74, 6) is 0.532. The van der Waals surface area contributed by atoms with Crippen molar-refractivity contribution in [3.63, 3.8) is 0 Å². The second-order valence-corrected chi connectivity index (χ2v) is 6.62. The molecule has 0 saturated heterocycles. The van der Waals surface area contributed by atoms with Gasteiger partial charge in [-0.25, -0.2) is 0 Å². The lowest BCUT2D eigenvalue weighted by Crippen LogP contribution is -2.47. The highest BCUT2D eigenvalue weighted by Gasteiger charge is 2.39. The van der Waals surface area contributed by atoms with Crippen LogP contribution in [0, 0.1) is 11.3 Å². The van der Waals surface area contributed by atoms with Crippen LogP contribution in [0.5, 0.6) is 0 Å². The van der Waals surface area contributed by atoms with Gasteiger partial charge in [-0.15, -0.1) is 0 Å². The Morgan fingerprint density at radius 2 is 1.14 bits per heavy atom. The molecule has 1 nitrogen and oxygen atoms in total. The number of ether oxygens (including phenoxy) is 1. The predicted molar refractivity (Wildman–Crippen MR) is 63.5 cm³/mol. The van der Waals surface area contributed by atoms with Gasteiger partial charge in [0.2, 0.25) is 0 Å². The summed E-state index contributed by atoms with van der Waals surface area (Å²) in [4.78, 5) is 0. The molecule has 0 unspecified atom stereocenters. The zero-order chi connectivity index (χ0) is 11.8. The predicted octanol–water partition coefficient (Wildman–Crippen LogP) is 4.26. The first-order valence-electron chi connectivity index (χ1n) is 5.60. The molecule has 0 atom stereocenters. The summed E-state index contributed by atoms with van der Waals surface area (Å²) >= 11 is 0. The van der Waals surface area contributed by atoms with Gasteiger partial charge in [0.1, 0.15) is 0 Å². The molecule has 0 aliphatic rings. The minimum atomic E-state index is -0.0965. The van der Waals surface area contributed by atoms with Crippen molar-refractivity contribution in [2.45, 2.75) is 73.5 Å². The molecule has 0 aliphatic heterocycles. The van der Waals surface area contributed by atoms with Gasteiger partial charge in [-0.05, 0) is 39.0 Å². The Labute approximate surface area is 90.2 Å². The molecule has 0 bridgehead atoms. The quantitative estimate of drug-likeness (QED) is 0.661. The first-order valence-corrected chi connectivity index (χ1v) is 5.60. The normalized spacial score (nSPS) is 15.0. The molecule has 0 amide bonds. The van der Waals surface area contributed by atoms with E-state index in [0.29, 0.717) is 5.92 Å². The summed E-state index contributed by atoms with van der Waals surface area (Å²) in [7, 11) is 0. The lowest BCUT2D eigenvalue weighted by atomic mass is 9.78. The molecule has 1 heteroatoms. The van der Waals surface area contributed by atoms with Crippen LogP contribution in [0.3, 0.4) is 0 Å². The first kappa shape index (κ1) is 14.0. The Morgan fingerprint density at radius 3 is 1.36 bits per heavy atom. The zero-order valence-electron chi connectivity index (χ0n) is 11.5. The molecule has 0 saturated carbocycles. The van der Waals surface area contributed by atoms with Gasteiger partial charge in [0.25, 0.3) is 0 Å². The van der Waals surface area contributed by atoms with Crippen molar-refractivity contribution in [3.05, 3.63) is 0 Å². The Bertz CT molecular complexity index is 182. The van der Waals surface area contributed by atoms with E-state index in [0.717, 1.165) is 0 Å². The Hall–Kier alpha value is -0.0400. The summed E-state index contributed by atoms with van der Waals surface area (Å²) in [6, 6.07) is 0. The van der Waals surface area contributed by atoms with Crippen molar-refractivity contribution in [1.29, 1.82) is 0 Å². The van der Waals surface area contributed by atoms with Crippen LogP contribution < -0.4 is 0 Å². The highest BCUT2D eigenvalue weighted by Crippen LogP contribution is 2.38. The molecule has 0 aromatic rings. The Kier molecular flexibility index (Phi) is 3.83. The second kappa shape index (κ2) is 3.84. The topological polar surface area (TPSA) is 9.23 Å². The number of rotatable bonds is 3. The van der Waals surface area contributed by atoms with E-state index in [1.807, 2.05) is 0 Å². The van der Waals surface area contributed by atoms with Gasteiger partial charge in [-0.2, -0.15) is 0 Å². The molecule has 86 valence electrons. The van der Waals surface area contributed by atoms with Crippen LogP contribution in [-0.4, -0.2) is 11.2 Å². The van der Waals surface area contributed by atoms with Gasteiger partial charge in [0, 0.05) is 0 Å². The van der Waals surface area contributed by atoms with E-state index in [-0.39, 0.29) is 16.6 Å². The standard InChI is InChI=1S/C13H28O/c1-10(2)12(6,7)14-13(8,9)11(3,4)5/h10H,1-9H3. The van der Waals surface area contributed by atoms with Crippen LogP contribution in [0.4, 0.5) is 0 Å². The van der Waals surface area contributed by atoms with Crippen molar-refractivity contribution >= 4 is 0 Å². The SMILES string of the molecule is CC(C)C(C)(C)OC(C)(C)C(C)(C)C. The van der Waals surface area contributed by atoms with E-state index in [4.69, 9.17) is 4.74 Å². The third kappa shape index (κ3) is 3.27. The van der Waals surface area contributed by atoms with Crippen LogP contribution in [0.25, 0.3) is 0 Å². The van der Waals surface area contributed by atoms with Gasteiger partial charge in [-0.1, -0.05) is 34.6 Å². The third-order valence-electron chi connectivity index (χ3n) is 3.71. The maximum atomic E-state index is 6.25. The average Bonchev–Trinajstić information content (AvgIpc) is 1.80. The van der Waals surface area contributed by atoms with Crippen molar-refractivity contribution in [2.24, 2.45) is 11.3 Å². The monoisotopic (exact) mass is 200 g/mol. The molecular formula is C13H28O. The summed E-state index contributed by atoms with van der Waals surface area (Å²) in [6.07, 6.45) is 0. The fraction of sp³-hybridized carbons (Fsp3) is 1.00. The molecule has 14 heavy (non-hydrogen) atoms. The number of hydrogen-bond donors (Lipinski definition) is 0. The van der Waals surface area contributed by atoms with E-state index in [2.05, 4.69) is 62.3 Å². The Morgan fingerprint density at radius 1 is 0.786 bits per heavy atom. The first-order chi connectivity index (χ1) is 5.90. The molecular weight excluding hydrogens is 172 g/mol. The van der Waals surface area contributed by atoms with E-state index in [9.17, 15) is 0 Å². The zero-order valence-corrected chi connectivity index (χ0v) is 11.5. The van der Waals surface area contributed by atoms with Crippen LogP contribution in [-0.2, 0) is 4.74 Å². The van der Waals surface area contributed by atoms with Gasteiger partial charge >= 0.3 is 0 Å². The third-order valence-corrected chi connectivity index (χ3v) is 3.71. The maximum absolute atomic E-state index is 6.25. The van der Waals surface area contributed by atoms with Crippen molar-refractivity contribution in [2.75, 3.05) is 0 Å². The van der Waals surface area contributed by atoms with E-state index < -0.39 is 0 Å². The summed E-state index contributed by atoms with van der Waals surface area (Å²) in [5.41, 5.74) is 0.0106. The van der Waals surface area contributed by atoms with Crippen molar-refractivity contribution < 1.29 is 4.74 Å². The largest absolute Gasteiger partial charge is 0.369 e. The van der Waals surface area contributed by atoms with E-state index >= 15 is 0 Å². The molecule has 0 aromatic carbocycles. The number of hydrogen-bond acceptors (Lipinski definition) is 1. The smallest absolute Gasteiger partial charge is 0.0681 e. The minimum Gasteiger partial charge on any atom is -0.369 e. The van der Waals surface area contributed by atoms with Crippen LogP contribution in [0.2, 0.25) is 0 Å². The van der Waals surface area contributed by atoms with Crippen LogP contribution in [0.1, 0.15) is 62.3 Å². The summed E-state index contributed by atoms with van der Waals surface area (Å²) < 4.78 is 6.25. The molecule has 0 radical (unpaired) electrons. The average molecular weight is 200 g/mol. The summed E-state index contributed by atoms with van der Waals surface area (Å²) in [6.45, 7) is 19.8. The highest BCUT2D eigenvalue weighted by atomic mass is 16.5. The molecule has 0 rings (SSSR count). The van der Waals surface area contributed by atoms with Gasteiger partial charge in [0.15, 0.2) is 0 Å². The van der Waals surface area contributed by atoms with Crippen LogP contribution in [0.15, 0.2) is 0 Å². The van der Waals surface area contributed by atoms with Crippen molar-refractivity contribution in [1.82, 2.24) is 0 Å². The molecule has 0 aliphatic carbocycles. The van der Waals surface area contributed by atoms with Crippen molar-refractivity contribution in [3.8, 4) is 0 Å².